The maximum Gasteiger partial charge on any atom is 0.297 e. The van der Waals surface area contributed by atoms with Crippen LogP contribution in [0.25, 0.3) is 10.9 Å². The van der Waals surface area contributed by atoms with E-state index in [0.29, 0.717) is 30.1 Å². The maximum atomic E-state index is 13.4. The molecule has 0 amide bonds. The van der Waals surface area contributed by atoms with Crippen LogP contribution in [0.2, 0.25) is 0 Å². The van der Waals surface area contributed by atoms with Crippen molar-refractivity contribution in [2.24, 2.45) is 0 Å². The van der Waals surface area contributed by atoms with Crippen LogP contribution in [0, 0.1) is 0 Å². The minimum absolute atomic E-state index is 0.0218. The lowest BCUT2D eigenvalue weighted by Gasteiger charge is -2.33. The summed E-state index contributed by atoms with van der Waals surface area (Å²) in [6.45, 7) is 0.708. The van der Waals surface area contributed by atoms with Crippen molar-refractivity contribution >= 4 is 16.7 Å². The topological polar surface area (TPSA) is 62.4 Å². The Morgan fingerprint density at radius 3 is 2.75 bits per heavy atom. The molecule has 1 saturated heterocycles. The summed E-state index contributed by atoms with van der Waals surface area (Å²) in [7, 11) is 0. The number of anilines is 1. The zero-order chi connectivity index (χ0) is 19.5. The van der Waals surface area contributed by atoms with Gasteiger partial charge >= 0.3 is 0 Å². The summed E-state index contributed by atoms with van der Waals surface area (Å²) >= 11 is 0. The number of aromatic nitrogens is 2. The Kier molecular flexibility index (Phi) is 5.52. The van der Waals surface area contributed by atoms with E-state index < -0.39 is 18.4 Å². The third kappa shape index (κ3) is 3.85. The smallest absolute Gasteiger partial charge is 0.297 e. The molecule has 0 unspecified atom stereocenters. The lowest BCUT2D eigenvalue weighted by molar-refractivity contribution is 0.129. The fourth-order valence-electron chi connectivity index (χ4n) is 3.95. The molecule has 2 aromatic heterocycles. The molecule has 4 rings (SSSR count). The molecule has 1 aliphatic rings. The first kappa shape index (κ1) is 18.8. The highest BCUT2D eigenvalue weighted by molar-refractivity contribution is 5.89. The van der Waals surface area contributed by atoms with Gasteiger partial charge in [0.15, 0.2) is 5.82 Å². The predicted octanol–water partition coefficient (Wildman–Crippen LogP) is 5.03. The third-order valence-corrected chi connectivity index (χ3v) is 5.31. The van der Waals surface area contributed by atoms with E-state index in [1.165, 1.54) is 6.26 Å². The quantitative estimate of drug-likeness (QED) is 0.665. The largest absolute Gasteiger partial charge is 0.467 e. The van der Waals surface area contributed by atoms with Crippen LogP contribution in [-0.4, -0.2) is 27.7 Å². The van der Waals surface area contributed by atoms with Gasteiger partial charge in [-0.1, -0.05) is 25.0 Å². The highest BCUT2D eigenvalue weighted by Crippen LogP contribution is 2.34. The first-order valence-electron chi connectivity index (χ1n) is 9.66. The molecule has 3 heterocycles. The van der Waals surface area contributed by atoms with Crippen LogP contribution in [0.3, 0.4) is 0 Å². The van der Waals surface area contributed by atoms with Gasteiger partial charge in [0.2, 0.25) is 0 Å². The molecule has 5 nitrogen and oxygen atoms in total. The minimum Gasteiger partial charge on any atom is -0.467 e. The average molecular weight is 387 g/mol. The number of hydrogen-bond acceptors (Lipinski definition) is 5. The number of fused-ring (bicyclic) bond motifs is 1. The number of alkyl halides is 2. The van der Waals surface area contributed by atoms with Gasteiger partial charge < -0.3 is 14.4 Å². The van der Waals surface area contributed by atoms with E-state index in [-0.39, 0.29) is 6.04 Å². The molecule has 0 radical (unpaired) electrons. The lowest BCUT2D eigenvalue weighted by atomic mass is 10.0. The summed E-state index contributed by atoms with van der Waals surface area (Å²) in [5.41, 5.74) is 0.511. The van der Waals surface area contributed by atoms with Crippen LogP contribution >= 0.6 is 0 Å². The van der Waals surface area contributed by atoms with E-state index in [4.69, 9.17) is 4.42 Å². The van der Waals surface area contributed by atoms with E-state index >= 15 is 0 Å². The Morgan fingerprint density at radius 1 is 1.11 bits per heavy atom. The standard InChI is InChI=1S/C21H23F2N3O2/c22-19(23)20-24-16-9-4-3-8-15(16)21(25-20)26-11-5-1-2-7-14(26)13-17(27)18-10-6-12-28-18/h3-4,6,8-10,12,14,17,19,27H,1-2,5,7,11,13H2/t14-,17-/m1/s1. The normalized spacial score (nSPS) is 19.1. The molecule has 3 aromatic rings. The Labute approximate surface area is 162 Å². The third-order valence-electron chi connectivity index (χ3n) is 5.31. The van der Waals surface area contributed by atoms with E-state index in [1.807, 2.05) is 12.1 Å². The molecule has 1 fully saturated rings. The van der Waals surface area contributed by atoms with Crippen molar-refractivity contribution in [2.75, 3.05) is 11.4 Å². The van der Waals surface area contributed by atoms with Gasteiger partial charge in [-0.25, -0.2) is 18.7 Å². The first-order chi connectivity index (χ1) is 13.6. The molecule has 0 spiro atoms. The molecule has 0 saturated carbocycles. The fraction of sp³-hybridized carbons (Fsp3) is 0.429. The van der Waals surface area contributed by atoms with Gasteiger partial charge in [0.1, 0.15) is 17.7 Å². The molecule has 0 aliphatic carbocycles. The summed E-state index contributed by atoms with van der Waals surface area (Å²) in [5, 5.41) is 11.4. The Bertz CT molecular complexity index is 917. The Hall–Kier alpha value is -2.54. The molecule has 7 heteroatoms. The zero-order valence-corrected chi connectivity index (χ0v) is 15.5. The van der Waals surface area contributed by atoms with Gasteiger partial charge in [0, 0.05) is 24.4 Å². The van der Waals surface area contributed by atoms with Gasteiger partial charge in [-0.15, -0.1) is 0 Å². The van der Waals surface area contributed by atoms with E-state index in [1.54, 1.807) is 24.3 Å². The first-order valence-corrected chi connectivity index (χ1v) is 9.66. The number of halogens is 2. The highest BCUT2D eigenvalue weighted by Gasteiger charge is 2.28. The second-order valence-corrected chi connectivity index (χ2v) is 7.19. The summed E-state index contributed by atoms with van der Waals surface area (Å²) < 4.78 is 32.2. The molecular formula is C21H23F2N3O2. The number of rotatable bonds is 5. The molecule has 1 N–H and O–H groups in total. The van der Waals surface area contributed by atoms with E-state index in [9.17, 15) is 13.9 Å². The summed E-state index contributed by atoms with van der Waals surface area (Å²) in [6, 6.07) is 10.7. The highest BCUT2D eigenvalue weighted by atomic mass is 19.3. The second kappa shape index (κ2) is 8.22. The maximum absolute atomic E-state index is 13.4. The summed E-state index contributed by atoms with van der Waals surface area (Å²) in [4.78, 5) is 10.4. The lowest BCUT2D eigenvalue weighted by Crippen LogP contribution is -2.37. The molecule has 0 bridgehead atoms. The average Bonchev–Trinajstić information content (AvgIpc) is 3.15. The number of benzene rings is 1. The second-order valence-electron chi connectivity index (χ2n) is 7.19. The van der Waals surface area contributed by atoms with Gasteiger partial charge in [-0.05, 0) is 37.1 Å². The molecule has 1 aromatic carbocycles. The predicted molar refractivity (Wildman–Crippen MR) is 102 cm³/mol. The van der Waals surface area contributed by atoms with E-state index in [2.05, 4.69) is 14.9 Å². The van der Waals surface area contributed by atoms with Crippen molar-refractivity contribution in [3.05, 3.63) is 54.2 Å². The molecule has 28 heavy (non-hydrogen) atoms. The van der Waals surface area contributed by atoms with Gasteiger partial charge in [0.25, 0.3) is 6.43 Å². The van der Waals surface area contributed by atoms with E-state index in [0.717, 1.165) is 31.1 Å². The number of hydrogen-bond donors (Lipinski definition) is 1. The van der Waals surface area contributed by atoms with Crippen molar-refractivity contribution in [1.29, 1.82) is 0 Å². The monoisotopic (exact) mass is 387 g/mol. The zero-order valence-electron chi connectivity index (χ0n) is 15.5. The number of para-hydroxylation sites is 1. The molecule has 1 aliphatic heterocycles. The van der Waals surface area contributed by atoms with Gasteiger partial charge in [0.05, 0.1) is 11.8 Å². The SMILES string of the molecule is O[C@H](C[C@H]1CCCCCN1c1nc(C(F)F)nc2ccccc12)c1ccco1. The fourth-order valence-corrected chi connectivity index (χ4v) is 3.95. The minimum atomic E-state index is -2.73. The van der Waals surface area contributed by atoms with Crippen molar-refractivity contribution in [2.45, 2.75) is 50.7 Å². The number of aliphatic hydroxyl groups excluding tert-OH is 1. The number of nitrogens with zero attached hydrogens (tertiary/aromatic N) is 3. The van der Waals surface area contributed by atoms with Gasteiger partial charge in [-0.2, -0.15) is 0 Å². The Balaban J connectivity index is 1.73. The van der Waals surface area contributed by atoms with Crippen molar-refractivity contribution in [1.82, 2.24) is 9.97 Å². The van der Waals surface area contributed by atoms with Crippen LogP contribution in [0.1, 0.15) is 56.2 Å². The Morgan fingerprint density at radius 2 is 1.96 bits per heavy atom. The van der Waals surface area contributed by atoms with Crippen LogP contribution in [0.5, 0.6) is 0 Å². The molecule has 148 valence electrons. The van der Waals surface area contributed by atoms with Crippen LogP contribution < -0.4 is 4.90 Å². The molecular weight excluding hydrogens is 364 g/mol. The van der Waals surface area contributed by atoms with Crippen LogP contribution in [0.4, 0.5) is 14.6 Å². The summed E-state index contributed by atoms with van der Waals surface area (Å²) in [6.07, 6.45) is 2.42. The van der Waals surface area contributed by atoms with Crippen molar-refractivity contribution < 1.29 is 18.3 Å². The van der Waals surface area contributed by atoms with Crippen LogP contribution in [-0.2, 0) is 0 Å². The van der Waals surface area contributed by atoms with Crippen molar-refractivity contribution in [3.8, 4) is 0 Å². The molecule has 2 atom stereocenters. The van der Waals surface area contributed by atoms with Crippen molar-refractivity contribution in [3.63, 3.8) is 0 Å². The van der Waals surface area contributed by atoms with Gasteiger partial charge in [-0.3, -0.25) is 0 Å². The number of aliphatic hydroxyl groups is 1. The summed E-state index contributed by atoms with van der Waals surface area (Å²) in [5.74, 6) is 0.590. The number of furan rings is 1. The van der Waals surface area contributed by atoms with Crippen LogP contribution in [0.15, 0.2) is 47.1 Å².